The number of hydrogen-bond acceptors (Lipinski definition) is 7. The van der Waals surface area contributed by atoms with Crippen LogP contribution in [0.25, 0.3) is 5.70 Å². The van der Waals surface area contributed by atoms with E-state index in [0.717, 1.165) is 69.4 Å². The Morgan fingerprint density at radius 1 is 0.808 bits per heavy atom. The van der Waals surface area contributed by atoms with Crippen LogP contribution in [0, 0.1) is 0 Å². The van der Waals surface area contributed by atoms with Crippen LogP contribution in [-0.4, -0.2) is 97.7 Å². The van der Waals surface area contributed by atoms with Crippen molar-refractivity contribution in [3.63, 3.8) is 0 Å². The molecule has 0 aromatic carbocycles. The van der Waals surface area contributed by atoms with Gasteiger partial charge in [0.2, 0.25) is 11.6 Å². The third-order valence-corrected chi connectivity index (χ3v) is 5.57. The van der Waals surface area contributed by atoms with Gasteiger partial charge < -0.3 is 19.6 Å². The number of pyridine rings is 1. The molecule has 0 radical (unpaired) electrons. The number of Topliss-reactive ketones (excluding diaryl/α,β-unsaturated/α-hetero) is 1. The Labute approximate surface area is 153 Å². The topological polar surface area (TPSA) is 60.0 Å². The molecule has 1 aromatic heterocycles. The summed E-state index contributed by atoms with van der Waals surface area (Å²) in [5.41, 5.74) is 2.16. The Morgan fingerprint density at radius 2 is 1.38 bits per heavy atom. The van der Waals surface area contributed by atoms with Gasteiger partial charge in [-0.1, -0.05) is 0 Å². The fraction of sp³-hybridized carbons (Fsp3) is 0.526. The molecule has 2 fully saturated rings. The molecule has 4 rings (SSSR count). The fourth-order valence-electron chi connectivity index (χ4n) is 3.75. The van der Waals surface area contributed by atoms with Gasteiger partial charge in [-0.25, -0.2) is 4.98 Å². The molecule has 7 nitrogen and oxygen atoms in total. The number of anilines is 1. The summed E-state index contributed by atoms with van der Waals surface area (Å²) in [4.78, 5) is 38.1. The van der Waals surface area contributed by atoms with Gasteiger partial charge in [-0.05, 0) is 20.2 Å². The van der Waals surface area contributed by atoms with E-state index >= 15 is 0 Å². The number of likely N-dealkylation sites (N-methyl/N-ethyl adjacent to an activating group) is 2. The lowest BCUT2D eigenvalue weighted by molar-refractivity contribution is -0.111. The highest BCUT2D eigenvalue weighted by atomic mass is 16.2. The molecule has 7 heteroatoms. The van der Waals surface area contributed by atoms with Crippen molar-refractivity contribution in [2.45, 2.75) is 0 Å². The zero-order valence-corrected chi connectivity index (χ0v) is 15.4. The summed E-state index contributed by atoms with van der Waals surface area (Å²) < 4.78 is 0. The van der Waals surface area contributed by atoms with E-state index in [4.69, 9.17) is 0 Å². The van der Waals surface area contributed by atoms with Gasteiger partial charge in [0.05, 0.1) is 5.56 Å². The van der Waals surface area contributed by atoms with Crippen molar-refractivity contribution >= 4 is 23.1 Å². The van der Waals surface area contributed by atoms with Crippen LogP contribution in [0.2, 0.25) is 0 Å². The van der Waals surface area contributed by atoms with Crippen LogP contribution >= 0.6 is 0 Å². The van der Waals surface area contributed by atoms with Gasteiger partial charge in [0.15, 0.2) is 0 Å². The molecule has 0 bridgehead atoms. The number of hydrogen-bond donors (Lipinski definition) is 0. The van der Waals surface area contributed by atoms with Gasteiger partial charge in [-0.2, -0.15) is 0 Å². The van der Waals surface area contributed by atoms with Crippen molar-refractivity contribution in [1.82, 2.24) is 19.7 Å². The first-order chi connectivity index (χ1) is 12.5. The molecule has 0 amide bonds. The molecule has 0 unspecified atom stereocenters. The minimum Gasteiger partial charge on any atom is -0.368 e. The van der Waals surface area contributed by atoms with Crippen molar-refractivity contribution in [3.8, 4) is 0 Å². The molecular weight excluding hydrogens is 330 g/mol. The number of carbonyl (C=O) groups excluding carboxylic acids is 2. The van der Waals surface area contributed by atoms with Gasteiger partial charge in [0.1, 0.15) is 5.82 Å². The number of rotatable bonds is 2. The van der Waals surface area contributed by atoms with Crippen molar-refractivity contribution in [2.24, 2.45) is 0 Å². The molecule has 3 aliphatic rings. The SMILES string of the molecule is CN1CCN(C2=CC(=O)C(=O)c3cnc(N4CCN(C)CC4)cc32)CC1. The predicted octanol–water partition coefficient (Wildman–Crippen LogP) is 0.187. The Hall–Kier alpha value is -2.25. The van der Waals surface area contributed by atoms with Gasteiger partial charge >= 0.3 is 0 Å². The van der Waals surface area contributed by atoms with E-state index in [9.17, 15) is 9.59 Å². The second-order valence-corrected chi connectivity index (χ2v) is 7.39. The monoisotopic (exact) mass is 355 g/mol. The summed E-state index contributed by atoms with van der Waals surface area (Å²) in [7, 11) is 4.22. The van der Waals surface area contributed by atoms with Crippen LogP contribution in [0.1, 0.15) is 15.9 Å². The van der Waals surface area contributed by atoms with Crippen LogP contribution in [0.3, 0.4) is 0 Å². The Bertz CT molecular complexity index is 759. The molecule has 1 aliphatic carbocycles. The van der Waals surface area contributed by atoms with Gasteiger partial charge in [0, 0.05) is 75.9 Å². The number of nitrogens with zero attached hydrogens (tertiary/aromatic N) is 5. The Morgan fingerprint density at radius 3 is 2.00 bits per heavy atom. The van der Waals surface area contributed by atoms with Crippen molar-refractivity contribution in [1.29, 1.82) is 0 Å². The second-order valence-electron chi connectivity index (χ2n) is 7.39. The molecule has 2 aliphatic heterocycles. The molecule has 138 valence electrons. The average Bonchev–Trinajstić information content (AvgIpc) is 2.66. The summed E-state index contributed by atoms with van der Waals surface area (Å²) in [6.07, 6.45) is 3.11. The summed E-state index contributed by atoms with van der Waals surface area (Å²) in [6, 6.07) is 2.00. The maximum absolute atomic E-state index is 12.3. The maximum Gasteiger partial charge on any atom is 0.235 e. The van der Waals surface area contributed by atoms with E-state index in [1.165, 1.54) is 6.08 Å². The van der Waals surface area contributed by atoms with E-state index in [-0.39, 0.29) is 0 Å². The molecular formula is C19H25N5O2. The summed E-state index contributed by atoms with van der Waals surface area (Å²) in [5.74, 6) is -0.00472. The molecule has 1 aromatic rings. The number of aromatic nitrogens is 1. The molecule has 0 N–H and O–H groups in total. The highest BCUT2D eigenvalue weighted by molar-refractivity contribution is 6.50. The quantitative estimate of drug-likeness (QED) is 0.702. The van der Waals surface area contributed by atoms with E-state index in [1.54, 1.807) is 6.20 Å². The van der Waals surface area contributed by atoms with Crippen LogP contribution in [0.5, 0.6) is 0 Å². The number of ketones is 2. The average molecular weight is 355 g/mol. The smallest absolute Gasteiger partial charge is 0.235 e. The lowest BCUT2D eigenvalue weighted by atomic mass is 9.93. The second kappa shape index (κ2) is 6.81. The van der Waals surface area contributed by atoms with E-state index < -0.39 is 11.6 Å². The minimum atomic E-state index is -0.449. The van der Waals surface area contributed by atoms with Gasteiger partial charge in [-0.15, -0.1) is 0 Å². The Balaban J connectivity index is 1.67. The van der Waals surface area contributed by atoms with Gasteiger partial charge in [0.25, 0.3) is 0 Å². The van der Waals surface area contributed by atoms with E-state index in [0.29, 0.717) is 5.56 Å². The first-order valence-electron chi connectivity index (χ1n) is 9.20. The highest BCUT2D eigenvalue weighted by Crippen LogP contribution is 2.31. The summed E-state index contributed by atoms with van der Waals surface area (Å²) in [5, 5.41) is 0. The molecule has 26 heavy (non-hydrogen) atoms. The third-order valence-electron chi connectivity index (χ3n) is 5.57. The molecule has 0 atom stereocenters. The zero-order chi connectivity index (χ0) is 18.3. The zero-order valence-electron chi connectivity index (χ0n) is 15.4. The summed E-state index contributed by atoms with van der Waals surface area (Å²) in [6.45, 7) is 7.45. The van der Waals surface area contributed by atoms with Gasteiger partial charge in [-0.3, -0.25) is 9.59 Å². The van der Waals surface area contributed by atoms with Crippen molar-refractivity contribution in [2.75, 3.05) is 71.4 Å². The third kappa shape index (κ3) is 3.12. The first kappa shape index (κ1) is 17.2. The summed E-state index contributed by atoms with van der Waals surface area (Å²) >= 11 is 0. The molecule has 2 saturated heterocycles. The van der Waals surface area contributed by atoms with Crippen LogP contribution in [-0.2, 0) is 4.79 Å². The number of allylic oxidation sites excluding steroid dienone is 1. The fourth-order valence-corrected chi connectivity index (χ4v) is 3.75. The Kier molecular flexibility index (Phi) is 4.50. The van der Waals surface area contributed by atoms with E-state index in [1.807, 2.05) is 6.07 Å². The minimum absolute atomic E-state index is 0.435. The number of fused-ring (bicyclic) bond motifs is 1. The molecule has 3 heterocycles. The van der Waals surface area contributed by atoms with Crippen LogP contribution in [0.4, 0.5) is 5.82 Å². The van der Waals surface area contributed by atoms with E-state index in [2.05, 4.69) is 38.7 Å². The lowest BCUT2D eigenvalue weighted by Gasteiger charge is -2.37. The van der Waals surface area contributed by atoms with Crippen LogP contribution in [0.15, 0.2) is 18.3 Å². The predicted molar refractivity (Wildman–Crippen MR) is 100 cm³/mol. The van der Waals surface area contributed by atoms with Crippen molar-refractivity contribution < 1.29 is 9.59 Å². The first-order valence-corrected chi connectivity index (χ1v) is 9.20. The number of carbonyl (C=O) groups is 2. The largest absolute Gasteiger partial charge is 0.368 e. The number of piperazine rings is 2. The van der Waals surface area contributed by atoms with Crippen LogP contribution < -0.4 is 4.90 Å². The normalized spacial score (nSPS) is 22.5. The standard InChI is InChI=1S/C19H25N5O2/c1-21-3-7-23(8-4-21)16-12-17(25)19(26)15-13-20-18(11-14(15)16)24-9-5-22(2)6-10-24/h11-13H,3-10H2,1-2H3. The molecule has 0 saturated carbocycles. The molecule has 0 spiro atoms. The lowest BCUT2D eigenvalue weighted by Crippen LogP contribution is -2.45. The highest BCUT2D eigenvalue weighted by Gasteiger charge is 2.31. The van der Waals surface area contributed by atoms with Crippen molar-refractivity contribution in [3.05, 3.63) is 29.5 Å². The maximum atomic E-state index is 12.3.